The molecule has 2 aromatic heterocycles. The Labute approximate surface area is 151 Å². The van der Waals surface area contributed by atoms with Gasteiger partial charge in [-0.15, -0.1) is 0 Å². The third kappa shape index (κ3) is 4.15. The summed E-state index contributed by atoms with van der Waals surface area (Å²) in [5.74, 6) is 1.68. The van der Waals surface area contributed by atoms with E-state index in [0.717, 1.165) is 66.0 Å². The number of para-hydroxylation sites is 1. The van der Waals surface area contributed by atoms with Gasteiger partial charge in [-0.25, -0.2) is 9.97 Å². The molecule has 0 unspecified atom stereocenters. The van der Waals surface area contributed by atoms with Crippen LogP contribution >= 0.6 is 11.8 Å². The summed E-state index contributed by atoms with van der Waals surface area (Å²) in [6.07, 6.45) is 1.83. The number of morpholine rings is 1. The lowest BCUT2D eigenvalue weighted by atomic mass is 10.2. The second-order valence-electron chi connectivity index (χ2n) is 5.96. The van der Waals surface area contributed by atoms with Gasteiger partial charge in [0.1, 0.15) is 10.9 Å². The fourth-order valence-corrected chi connectivity index (χ4v) is 3.81. The smallest absolute Gasteiger partial charge is 0.144 e. The molecule has 0 aliphatic carbocycles. The van der Waals surface area contributed by atoms with Crippen molar-refractivity contribution in [2.24, 2.45) is 0 Å². The maximum absolute atomic E-state index is 5.43. The van der Waals surface area contributed by atoms with E-state index in [1.807, 2.05) is 36.5 Å². The Morgan fingerprint density at radius 2 is 1.84 bits per heavy atom. The predicted molar refractivity (Wildman–Crippen MR) is 99.4 cm³/mol. The maximum atomic E-state index is 5.43. The van der Waals surface area contributed by atoms with E-state index in [0.29, 0.717) is 0 Å². The topological polar surface area (TPSA) is 51.1 Å². The number of thioether (sulfide) groups is 1. The average Bonchev–Trinajstić information content (AvgIpc) is 2.68. The molecule has 1 aliphatic heterocycles. The highest BCUT2D eigenvalue weighted by Gasteiger charge is 2.14. The van der Waals surface area contributed by atoms with Crippen LogP contribution in [0.2, 0.25) is 0 Å². The third-order valence-corrected chi connectivity index (χ3v) is 5.19. The van der Waals surface area contributed by atoms with E-state index in [9.17, 15) is 0 Å². The van der Waals surface area contributed by atoms with Gasteiger partial charge < -0.3 is 4.74 Å². The molecule has 0 atom stereocenters. The van der Waals surface area contributed by atoms with Crippen molar-refractivity contribution in [3.8, 4) is 0 Å². The molecular weight excluding hydrogens is 332 g/mol. The molecular formula is C19H20N4OS. The van der Waals surface area contributed by atoms with Gasteiger partial charge in [0, 0.05) is 30.4 Å². The van der Waals surface area contributed by atoms with Crippen LogP contribution in [0.4, 0.5) is 0 Å². The zero-order valence-corrected chi connectivity index (χ0v) is 14.8. The molecule has 4 rings (SSSR count). The van der Waals surface area contributed by atoms with Gasteiger partial charge in [0.15, 0.2) is 0 Å². The molecule has 3 heterocycles. The number of rotatable bonds is 5. The van der Waals surface area contributed by atoms with Crippen molar-refractivity contribution in [3.63, 3.8) is 0 Å². The molecule has 1 fully saturated rings. The third-order valence-electron chi connectivity index (χ3n) is 4.17. The van der Waals surface area contributed by atoms with Gasteiger partial charge >= 0.3 is 0 Å². The van der Waals surface area contributed by atoms with Crippen LogP contribution in [0, 0.1) is 0 Å². The minimum absolute atomic E-state index is 0.769. The number of hydrogen-bond donors (Lipinski definition) is 0. The summed E-state index contributed by atoms with van der Waals surface area (Å²) in [7, 11) is 0. The first-order chi connectivity index (χ1) is 12.4. The van der Waals surface area contributed by atoms with Crippen molar-refractivity contribution < 1.29 is 4.74 Å². The number of fused-ring (bicyclic) bond motifs is 1. The molecule has 0 N–H and O–H groups in total. The molecule has 5 nitrogen and oxygen atoms in total. The number of hydrogen-bond acceptors (Lipinski definition) is 6. The molecule has 1 aromatic carbocycles. The number of aromatic nitrogens is 3. The summed E-state index contributed by atoms with van der Waals surface area (Å²) < 4.78 is 5.43. The van der Waals surface area contributed by atoms with Crippen LogP contribution in [0.5, 0.6) is 0 Å². The zero-order chi connectivity index (χ0) is 16.9. The Bertz CT molecular complexity index is 837. The monoisotopic (exact) mass is 352 g/mol. The minimum Gasteiger partial charge on any atom is -0.379 e. The molecule has 1 aliphatic rings. The van der Waals surface area contributed by atoms with Crippen molar-refractivity contribution >= 4 is 22.7 Å². The van der Waals surface area contributed by atoms with Gasteiger partial charge in [-0.2, -0.15) is 0 Å². The van der Waals surface area contributed by atoms with Crippen LogP contribution in [0.1, 0.15) is 11.5 Å². The zero-order valence-electron chi connectivity index (χ0n) is 14.0. The summed E-state index contributed by atoms with van der Waals surface area (Å²) in [6.45, 7) is 4.22. The van der Waals surface area contributed by atoms with Crippen LogP contribution < -0.4 is 0 Å². The lowest BCUT2D eigenvalue weighted by Crippen LogP contribution is -2.36. The van der Waals surface area contributed by atoms with Crippen molar-refractivity contribution in [1.82, 2.24) is 19.9 Å². The molecule has 0 spiro atoms. The second kappa shape index (κ2) is 7.91. The summed E-state index contributed by atoms with van der Waals surface area (Å²) in [4.78, 5) is 16.4. The molecule has 25 heavy (non-hydrogen) atoms. The highest BCUT2D eigenvalue weighted by atomic mass is 32.2. The Kier molecular flexibility index (Phi) is 5.20. The number of pyridine rings is 1. The van der Waals surface area contributed by atoms with E-state index in [-0.39, 0.29) is 0 Å². The van der Waals surface area contributed by atoms with Gasteiger partial charge in [0.05, 0.1) is 31.0 Å². The summed E-state index contributed by atoms with van der Waals surface area (Å²) in [5, 5.41) is 2.13. The molecule has 0 amide bonds. The van der Waals surface area contributed by atoms with Crippen molar-refractivity contribution in [3.05, 3.63) is 60.2 Å². The molecule has 3 aromatic rings. The Balaban J connectivity index is 1.59. The number of nitrogens with zero attached hydrogens (tertiary/aromatic N) is 4. The van der Waals surface area contributed by atoms with E-state index in [4.69, 9.17) is 14.7 Å². The Hall–Kier alpha value is -2.02. The Morgan fingerprint density at radius 1 is 1.00 bits per heavy atom. The van der Waals surface area contributed by atoms with Crippen LogP contribution in [-0.4, -0.2) is 46.2 Å². The van der Waals surface area contributed by atoms with E-state index in [1.54, 1.807) is 11.8 Å². The standard InChI is InChI=1S/C19H20N4OS/c1-2-7-17-16(6-1)19(25-14-15-5-3-4-8-20-15)22-18(21-17)13-23-9-11-24-12-10-23/h1-8H,9-14H2. The lowest BCUT2D eigenvalue weighted by molar-refractivity contribution is 0.0330. The van der Waals surface area contributed by atoms with Crippen LogP contribution in [-0.2, 0) is 17.0 Å². The normalized spacial score (nSPS) is 15.5. The SMILES string of the molecule is c1ccc(CSc2nc(CN3CCOCC3)nc3ccccc23)nc1. The first-order valence-corrected chi connectivity index (χ1v) is 9.45. The van der Waals surface area contributed by atoms with Gasteiger partial charge in [-0.3, -0.25) is 9.88 Å². The summed E-state index contributed by atoms with van der Waals surface area (Å²) in [5.41, 5.74) is 2.06. The average molecular weight is 352 g/mol. The number of ether oxygens (including phenoxy) is 1. The first kappa shape index (κ1) is 16.4. The minimum atomic E-state index is 0.769. The van der Waals surface area contributed by atoms with Crippen molar-refractivity contribution in [2.45, 2.75) is 17.3 Å². The highest BCUT2D eigenvalue weighted by molar-refractivity contribution is 7.98. The van der Waals surface area contributed by atoms with Crippen LogP contribution in [0.3, 0.4) is 0 Å². The van der Waals surface area contributed by atoms with Gasteiger partial charge in [0.2, 0.25) is 0 Å². The van der Waals surface area contributed by atoms with E-state index >= 15 is 0 Å². The van der Waals surface area contributed by atoms with E-state index < -0.39 is 0 Å². The molecule has 0 radical (unpaired) electrons. The highest BCUT2D eigenvalue weighted by Crippen LogP contribution is 2.27. The lowest BCUT2D eigenvalue weighted by Gasteiger charge is -2.25. The van der Waals surface area contributed by atoms with Crippen molar-refractivity contribution in [1.29, 1.82) is 0 Å². The maximum Gasteiger partial charge on any atom is 0.144 e. The van der Waals surface area contributed by atoms with Gasteiger partial charge in [-0.05, 0) is 18.2 Å². The van der Waals surface area contributed by atoms with Crippen LogP contribution in [0.25, 0.3) is 10.9 Å². The molecule has 0 bridgehead atoms. The quantitative estimate of drug-likeness (QED) is 0.519. The van der Waals surface area contributed by atoms with Crippen molar-refractivity contribution in [2.75, 3.05) is 26.3 Å². The predicted octanol–water partition coefficient (Wildman–Crippen LogP) is 3.15. The largest absolute Gasteiger partial charge is 0.379 e. The van der Waals surface area contributed by atoms with Crippen LogP contribution in [0.15, 0.2) is 53.7 Å². The van der Waals surface area contributed by atoms with E-state index in [2.05, 4.69) is 22.0 Å². The van der Waals surface area contributed by atoms with E-state index in [1.165, 1.54) is 0 Å². The van der Waals surface area contributed by atoms with Gasteiger partial charge in [-0.1, -0.05) is 36.0 Å². The molecule has 1 saturated heterocycles. The molecule has 128 valence electrons. The Morgan fingerprint density at radius 3 is 2.68 bits per heavy atom. The molecule has 0 saturated carbocycles. The molecule has 6 heteroatoms. The summed E-state index contributed by atoms with van der Waals surface area (Å²) >= 11 is 1.72. The fraction of sp³-hybridized carbons (Fsp3) is 0.316. The second-order valence-corrected chi connectivity index (χ2v) is 6.92. The van der Waals surface area contributed by atoms with Gasteiger partial charge in [0.25, 0.3) is 0 Å². The fourth-order valence-electron chi connectivity index (χ4n) is 2.86. The summed E-state index contributed by atoms with van der Waals surface area (Å²) in [6, 6.07) is 14.2. The number of benzene rings is 1. The first-order valence-electron chi connectivity index (χ1n) is 8.47.